The van der Waals surface area contributed by atoms with Crippen molar-refractivity contribution in [3.63, 3.8) is 0 Å². The minimum Gasteiger partial charge on any atom is -0.411 e. The molecule has 0 spiro atoms. The van der Waals surface area contributed by atoms with Gasteiger partial charge in [-0.15, -0.1) is 0 Å². The fourth-order valence-electron chi connectivity index (χ4n) is 2.83. The van der Waals surface area contributed by atoms with Crippen LogP contribution >= 0.6 is 0 Å². The number of hydrogen-bond acceptors (Lipinski definition) is 15. The lowest BCUT2D eigenvalue weighted by Crippen LogP contribution is -2.50. The molecule has 4 N–H and O–H groups in total. The summed E-state index contributed by atoms with van der Waals surface area (Å²) in [5.74, 6) is 0. The van der Waals surface area contributed by atoms with Crippen LogP contribution in [0.1, 0.15) is 42.5 Å². The molecule has 3 unspecified atom stereocenters. The highest BCUT2D eigenvalue weighted by Crippen LogP contribution is 2.17. The van der Waals surface area contributed by atoms with Crippen LogP contribution in [0, 0.1) is 0 Å². The highest BCUT2D eigenvalue weighted by Gasteiger charge is 2.41. The van der Waals surface area contributed by atoms with Crippen LogP contribution < -0.4 is 0 Å². The van der Waals surface area contributed by atoms with Crippen LogP contribution in [-0.4, -0.2) is 156 Å². The molecule has 3 atom stereocenters. The van der Waals surface area contributed by atoms with Crippen molar-refractivity contribution in [1.82, 2.24) is 0 Å². The highest BCUT2D eigenvalue weighted by atomic mass is 28.5. The second-order valence-electron chi connectivity index (χ2n) is 9.38. The first-order chi connectivity index (χ1) is 19.2. The van der Waals surface area contributed by atoms with E-state index in [0.29, 0.717) is 32.3 Å². The fraction of sp³-hybridized carbons (Fsp3) is 1.00. The molecule has 282 valence electrons. The molecule has 0 aromatic rings. The van der Waals surface area contributed by atoms with Crippen molar-refractivity contribution < 1.29 is 69.1 Å². The molecule has 45 heavy (non-hydrogen) atoms. The minimum atomic E-state index is -3.32. The molecule has 0 aromatic heterocycles. The number of hydrogen-bond donors (Lipinski definition) is 4. The van der Waals surface area contributed by atoms with Gasteiger partial charge in [-0.05, 0) is 25.9 Å². The highest BCUT2D eigenvalue weighted by molar-refractivity contribution is 6.75. The maximum absolute atomic E-state index is 10.0. The average Bonchev–Trinajstić information content (AvgIpc) is 3.79. The minimum absolute atomic E-state index is 0. The Labute approximate surface area is 279 Å². The van der Waals surface area contributed by atoms with Crippen LogP contribution in [0.2, 0.25) is 31.7 Å². The van der Waals surface area contributed by atoms with Gasteiger partial charge in [-0.25, -0.2) is 0 Å². The number of aliphatic hydroxyl groups excluding tert-OH is 2. The Morgan fingerprint density at radius 2 is 1.16 bits per heavy atom. The molecule has 0 aliphatic carbocycles. The normalized spacial score (nSPS) is 16.0. The van der Waals surface area contributed by atoms with Gasteiger partial charge in [0.2, 0.25) is 0 Å². The summed E-state index contributed by atoms with van der Waals surface area (Å²) >= 11 is 0. The van der Waals surface area contributed by atoms with Gasteiger partial charge < -0.3 is 69.1 Å². The van der Waals surface area contributed by atoms with Gasteiger partial charge in [0, 0.05) is 81.6 Å². The van der Waals surface area contributed by atoms with Crippen LogP contribution in [0.15, 0.2) is 0 Å². The quantitative estimate of drug-likeness (QED) is 0.0722. The van der Waals surface area contributed by atoms with Crippen molar-refractivity contribution >= 4 is 35.0 Å². The molecule has 1 heterocycles. The Morgan fingerprint density at radius 1 is 0.711 bits per heavy atom. The fourth-order valence-corrected chi connectivity index (χ4v) is 9.68. The smallest absolute Gasteiger partial charge is 0.411 e. The molecule has 1 aliphatic rings. The van der Waals surface area contributed by atoms with E-state index in [-0.39, 0.29) is 49.0 Å². The van der Waals surface area contributed by atoms with Gasteiger partial charge in [0.05, 0.1) is 26.4 Å². The largest absolute Gasteiger partial charge is 0.500 e. The van der Waals surface area contributed by atoms with E-state index in [0.717, 1.165) is 19.1 Å². The molecule has 1 fully saturated rings. The molecular weight excluding hydrogens is 665 g/mol. The lowest BCUT2D eigenvalue weighted by molar-refractivity contribution is 0.00577. The summed E-state index contributed by atoms with van der Waals surface area (Å²) in [6.07, 6.45) is 0.816. The Morgan fingerprint density at radius 3 is 1.49 bits per heavy atom. The molecule has 19 heteroatoms. The van der Waals surface area contributed by atoms with Gasteiger partial charge >= 0.3 is 35.0 Å². The molecule has 0 amide bonds. The van der Waals surface area contributed by atoms with Gasteiger partial charge in [-0.3, -0.25) is 0 Å². The van der Waals surface area contributed by atoms with Crippen LogP contribution in [0.4, 0.5) is 0 Å². The van der Waals surface area contributed by atoms with E-state index in [9.17, 15) is 9.59 Å². The van der Waals surface area contributed by atoms with Crippen molar-refractivity contribution in [2.45, 2.75) is 86.5 Å². The van der Waals surface area contributed by atoms with Crippen molar-refractivity contribution in [1.29, 1.82) is 0 Å². The standard InChI is InChI=1S/C9H24O7Si2.C9H20O5Si.C4H12O3Si.4CH4/c1-14-18(13,16-17(2,3)12)6-4-5-15-8-9(11)7-10;1-10-15(11-2,12-3)6-4-5-13-7-9-8-14-9;1-5-8(4,6-2)7-3;;;;/h9-13H,4-8H2,1-3H3;9H,4-8H2,1-3H3;1-4H3;4*1H4. The summed E-state index contributed by atoms with van der Waals surface area (Å²) in [5.41, 5.74) is 0. The number of rotatable bonds is 22. The lowest BCUT2D eigenvalue weighted by atomic mass is 10.4. The Bertz CT molecular complexity index is 595. The van der Waals surface area contributed by atoms with Crippen LogP contribution in [0.25, 0.3) is 0 Å². The molecule has 1 rings (SSSR count). The number of epoxide rings is 1. The zero-order valence-electron chi connectivity index (χ0n) is 26.5. The summed E-state index contributed by atoms with van der Waals surface area (Å²) in [7, 11) is 0.248. The van der Waals surface area contributed by atoms with E-state index < -0.39 is 41.1 Å². The first-order valence-electron chi connectivity index (χ1n) is 13.2. The van der Waals surface area contributed by atoms with Crippen molar-refractivity contribution in [2.75, 3.05) is 89.4 Å². The molecular formula is C26H72O15Si4. The van der Waals surface area contributed by atoms with Crippen LogP contribution in [0.5, 0.6) is 0 Å². The van der Waals surface area contributed by atoms with Crippen LogP contribution in [-0.2, 0) is 49.3 Å². The summed E-state index contributed by atoms with van der Waals surface area (Å²) in [6.45, 7) is 7.18. The third-order valence-corrected chi connectivity index (χ3v) is 15.5. The summed E-state index contributed by atoms with van der Waals surface area (Å²) in [5, 5.41) is 17.6. The summed E-state index contributed by atoms with van der Waals surface area (Å²) < 4.78 is 56.4. The average molecular weight is 737 g/mol. The van der Waals surface area contributed by atoms with Gasteiger partial charge in [0.1, 0.15) is 12.2 Å². The molecule has 1 saturated heterocycles. The van der Waals surface area contributed by atoms with E-state index in [1.54, 1.807) is 55.8 Å². The molecule has 15 nitrogen and oxygen atoms in total. The summed E-state index contributed by atoms with van der Waals surface area (Å²) in [4.78, 5) is 19.6. The van der Waals surface area contributed by atoms with Crippen LogP contribution in [0.3, 0.4) is 0 Å². The molecule has 0 bridgehead atoms. The van der Waals surface area contributed by atoms with Gasteiger partial charge in [-0.2, -0.15) is 0 Å². The SMILES string of the molecule is C.C.C.C.CO[Si](C)(OC)OC.CO[Si](CCCOCC1CO1)(OC)OC.CO[Si](O)(CCCOCC(O)CO)O[Si](C)(C)O. The van der Waals surface area contributed by atoms with E-state index in [1.165, 1.54) is 7.11 Å². The maximum atomic E-state index is 10.0. The van der Waals surface area contributed by atoms with E-state index in [2.05, 4.69) is 0 Å². The first kappa shape index (κ1) is 57.5. The summed E-state index contributed by atoms with van der Waals surface area (Å²) in [6, 6.07) is 1.05. The van der Waals surface area contributed by atoms with Gasteiger partial charge in [0.25, 0.3) is 0 Å². The predicted molar refractivity (Wildman–Crippen MR) is 185 cm³/mol. The maximum Gasteiger partial charge on any atom is 0.500 e. The Balaban J connectivity index is -0.000000129. The molecule has 0 radical (unpaired) electrons. The van der Waals surface area contributed by atoms with Crippen molar-refractivity contribution in [3.8, 4) is 0 Å². The van der Waals surface area contributed by atoms with Crippen molar-refractivity contribution in [3.05, 3.63) is 0 Å². The number of aliphatic hydroxyl groups is 2. The first-order valence-corrected chi connectivity index (χ1v) is 22.2. The lowest BCUT2D eigenvalue weighted by Gasteiger charge is -2.28. The van der Waals surface area contributed by atoms with Gasteiger partial charge in [-0.1, -0.05) is 29.7 Å². The second kappa shape index (κ2) is 31.5. The Kier molecular flexibility index (Phi) is 40.3. The van der Waals surface area contributed by atoms with Crippen molar-refractivity contribution in [2.24, 2.45) is 0 Å². The molecule has 0 aromatic carbocycles. The number of ether oxygens (including phenoxy) is 3. The van der Waals surface area contributed by atoms with E-state index in [4.69, 9.17) is 59.5 Å². The zero-order chi connectivity index (χ0) is 32.0. The zero-order valence-corrected chi connectivity index (χ0v) is 30.5. The molecule has 1 aliphatic heterocycles. The third-order valence-electron chi connectivity index (χ3n) is 5.55. The van der Waals surface area contributed by atoms with Gasteiger partial charge in [0.15, 0.2) is 0 Å². The third kappa shape index (κ3) is 31.3. The Hall–Kier alpha value is 0.268. The van der Waals surface area contributed by atoms with E-state index >= 15 is 0 Å². The predicted octanol–water partition coefficient (Wildman–Crippen LogP) is 2.74. The topological polar surface area (TPSA) is 186 Å². The monoisotopic (exact) mass is 736 g/mol. The molecule has 0 saturated carbocycles. The van der Waals surface area contributed by atoms with E-state index in [1.807, 2.05) is 6.55 Å². The second-order valence-corrected chi connectivity index (χ2v) is 21.5.